The smallest absolute Gasteiger partial charge is 0.267 e. The lowest BCUT2D eigenvalue weighted by Crippen LogP contribution is -2.41. The normalized spacial score (nSPS) is 10.3. The first kappa shape index (κ1) is 16.8. The molecule has 0 aliphatic heterocycles. The van der Waals surface area contributed by atoms with Gasteiger partial charge in [-0.3, -0.25) is 25.4 Å². The second-order valence-electron chi connectivity index (χ2n) is 5.28. The van der Waals surface area contributed by atoms with Crippen LogP contribution in [0.25, 0.3) is 10.4 Å². The number of halogens is 1. The van der Waals surface area contributed by atoms with Crippen molar-refractivity contribution in [3.63, 3.8) is 0 Å². The Morgan fingerprint density at radius 3 is 2.48 bits per heavy atom. The average molecular weight is 355 g/mol. The Morgan fingerprint density at radius 1 is 1.08 bits per heavy atom. The monoisotopic (exact) mass is 355 g/mol. The number of thiophene rings is 1. The number of hydrazine groups is 1. The molecule has 0 saturated carbocycles. The fraction of sp³-hybridized carbons (Fsp3) is 0.0556. The Morgan fingerprint density at radius 2 is 1.80 bits per heavy atom. The summed E-state index contributed by atoms with van der Waals surface area (Å²) in [5.74, 6) is -1.18. The van der Waals surface area contributed by atoms with Crippen molar-refractivity contribution in [3.05, 3.63) is 76.7 Å². The first-order chi connectivity index (χ1) is 12.0. The van der Waals surface area contributed by atoms with E-state index in [4.69, 9.17) is 0 Å². The number of pyridine rings is 1. The van der Waals surface area contributed by atoms with E-state index < -0.39 is 11.8 Å². The Bertz CT molecular complexity index is 908. The summed E-state index contributed by atoms with van der Waals surface area (Å²) in [6, 6.07) is 11.0. The van der Waals surface area contributed by atoms with Crippen molar-refractivity contribution in [3.8, 4) is 10.4 Å². The molecule has 0 spiro atoms. The van der Waals surface area contributed by atoms with Crippen LogP contribution in [0.2, 0.25) is 0 Å². The van der Waals surface area contributed by atoms with Gasteiger partial charge in [0.1, 0.15) is 5.82 Å². The van der Waals surface area contributed by atoms with Gasteiger partial charge in [-0.05, 0) is 48.4 Å². The average Bonchev–Trinajstić information content (AvgIpc) is 3.02. The standard InChI is InChI=1S/C18H14FN3O2S/c1-11-9-15(25-16(11)12-4-6-14(19)7-5-12)18(24)22-21-17(23)13-3-2-8-20-10-13/h2-10H,1H3,(H,21,23)(H,22,24). The van der Waals surface area contributed by atoms with E-state index in [1.54, 1.807) is 36.5 Å². The number of nitrogens with one attached hydrogen (secondary N) is 2. The molecule has 3 rings (SSSR count). The molecule has 2 heterocycles. The third kappa shape index (κ3) is 3.89. The molecular weight excluding hydrogens is 341 g/mol. The van der Waals surface area contributed by atoms with Gasteiger partial charge in [0, 0.05) is 17.3 Å². The molecule has 0 aliphatic carbocycles. The number of carbonyl (C=O) groups is 2. The number of aryl methyl sites for hydroxylation is 1. The van der Waals surface area contributed by atoms with Crippen LogP contribution in [-0.2, 0) is 0 Å². The third-order valence-corrected chi connectivity index (χ3v) is 4.75. The van der Waals surface area contributed by atoms with Gasteiger partial charge in [0.05, 0.1) is 10.4 Å². The number of benzene rings is 1. The minimum atomic E-state index is -0.450. The molecule has 25 heavy (non-hydrogen) atoms. The largest absolute Gasteiger partial charge is 0.279 e. The van der Waals surface area contributed by atoms with Crippen molar-refractivity contribution >= 4 is 23.2 Å². The van der Waals surface area contributed by atoms with Crippen molar-refractivity contribution in [2.75, 3.05) is 0 Å². The SMILES string of the molecule is Cc1cc(C(=O)NNC(=O)c2cccnc2)sc1-c1ccc(F)cc1. The van der Waals surface area contributed by atoms with Gasteiger partial charge < -0.3 is 0 Å². The highest BCUT2D eigenvalue weighted by atomic mass is 32.1. The second kappa shape index (κ2) is 7.23. The van der Waals surface area contributed by atoms with Crippen LogP contribution in [0.15, 0.2) is 54.9 Å². The lowest BCUT2D eigenvalue weighted by molar-refractivity contribution is 0.0848. The molecule has 2 aromatic heterocycles. The number of hydrogen-bond acceptors (Lipinski definition) is 4. The lowest BCUT2D eigenvalue weighted by atomic mass is 10.1. The minimum Gasteiger partial charge on any atom is -0.267 e. The predicted octanol–water partition coefficient (Wildman–Crippen LogP) is 3.33. The van der Waals surface area contributed by atoms with Gasteiger partial charge in [0.2, 0.25) is 0 Å². The third-order valence-electron chi connectivity index (χ3n) is 3.46. The van der Waals surface area contributed by atoms with Crippen LogP contribution in [0.3, 0.4) is 0 Å². The molecule has 7 heteroatoms. The zero-order chi connectivity index (χ0) is 17.8. The number of hydrogen-bond donors (Lipinski definition) is 2. The highest BCUT2D eigenvalue weighted by molar-refractivity contribution is 7.17. The lowest BCUT2D eigenvalue weighted by Gasteiger charge is -2.05. The molecular formula is C18H14FN3O2S. The highest BCUT2D eigenvalue weighted by Gasteiger charge is 2.15. The van der Waals surface area contributed by atoms with E-state index >= 15 is 0 Å². The molecule has 0 unspecified atom stereocenters. The van der Waals surface area contributed by atoms with E-state index in [-0.39, 0.29) is 5.82 Å². The van der Waals surface area contributed by atoms with Crippen molar-refractivity contribution in [1.29, 1.82) is 0 Å². The highest BCUT2D eigenvalue weighted by Crippen LogP contribution is 2.32. The van der Waals surface area contributed by atoms with E-state index in [0.29, 0.717) is 10.4 Å². The minimum absolute atomic E-state index is 0.311. The predicted molar refractivity (Wildman–Crippen MR) is 93.6 cm³/mol. The topological polar surface area (TPSA) is 71.1 Å². The van der Waals surface area contributed by atoms with Crippen LogP contribution in [-0.4, -0.2) is 16.8 Å². The van der Waals surface area contributed by atoms with Crippen molar-refractivity contribution < 1.29 is 14.0 Å². The van der Waals surface area contributed by atoms with Gasteiger partial charge in [-0.15, -0.1) is 11.3 Å². The molecule has 126 valence electrons. The molecule has 3 aromatic rings. The maximum atomic E-state index is 13.0. The maximum Gasteiger partial charge on any atom is 0.279 e. The van der Waals surface area contributed by atoms with E-state index in [1.807, 2.05) is 6.92 Å². The second-order valence-corrected chi connectivity index (χ2v) is 6.33. The number of amides is 2. The molecule has 0 radical (unpaired) electrons. The Balaban J connectivity index is 1.70. The summed E-state index contributed by atoms with van der Waals surface area (Å²) in [6.45, 7) is 1.88. The van der Waals surface area contributed by atoms with Crippen molar-refractivity contribution in [2.45, 2.75) is 6.92 Å². The Kier molecular flexibility index (Phi) is 4.85. The van der Waals surface area contributed by atoms with E-state index in [1.165, 1.54) is 29.7 Å². The van der Waals surface area contributed by atoms with Crippen molar-refractivity contribution in [1.82, 2.24) is 15.8 Å². The first-order valence-electron chi connectivity index (χ1n) is 7.41. The van der Waals surface area contributed by atoms with Gasteiger partial charge in [0.15, 0.2) is 0 Å². The quantitative estimate of drug-likeness (QED) is 0.708. The summed E-state index contributed by atoms with van der Waals surface area (Å²) in [4.78, 5) is 29.3. The summed E-state index contributed by atoms with van der Waals surface area (Å²) in [6.07, 6.45) is 2.96. The summed E-state index contributed by atoms with van der Waals surface area (Å²) in [5.41, 5.74) is 6.82. The Hall–Kier alpha value is -3.06. The van der Waals surface area contributed by atoms with Crippen LogP contribution in [0.5, 0.6) is 0 Å². The molecule has 5 nitrogen and oxygen atoms in total. The molecule has 2 N–H and O–H groups in total. The number of aromatic nitrogens is 1. The number of rotatable bonds is 3. The number of carbonyl (C=O) groups excluding carboxylic acids is 2. The van der Waals surface area contributed by atoms with Gasteiger partial charge in [-0.1, -0.05) is 12.1 Å². The van der Waals surface area contributed by atoms with Crippen LogP contribution >= 0.6 is 11.3 Å². The first-order valence-corrected chi connectivity index (χ1v) is 8.23. The molecule has 0 fully saturated rings. The van der Waals surface area contributed by atoms with Crippen LogP contribution in [0.1, 0.15) is 25.6 Å². The van der Waals surface area contributed by atoms with Crippen LogP contribution < -0.4 is 10.9 Å². The van der Waals surface area contributed by atoms with Gasteiger partial charge in [0.25, 0.3) is 11.8 Å². The fourth-order valence-corrected chi connectivity index (χ4v) is 3.30. The molecule has 2 amide bonds. The van der Waals surface area contributed by atoms with Crippen LogP contribution in [0, 0.1) is 12.7 Å². The summed E-state index contributed by atoms with van der Waals surface area (Å²) in [5, 5.41) is 0. The summed E-state index contributed by atoms with van der Waals surface area (Å²) >= 11 is 1.28. The van der Waals surface area contributed by atoms with E-state index in [2.05, 4.69) is 15.8 Å². The Labute approximate surface area is 147 Å². The maximum absolute atomic E-state index is 13.0. The molecule has 0 aliphatic rings. The van der Waals surface area contributed by atoms with Crippen molar-refractivity contribution in [2.24, 2.45) is 0 Å². The van der Waals surface area contributed by atoms with Gasteiger partial charge >= 0.3 is 0 Å². The van der Waals surface area contributed by atoms with E-state index in [0.717, 1.165) is 16.0 Å². The van der Waals surface area contributed by atoms with Gasteiger partial charge in [-0.2, -0.15) is 0 Å². The molecule has 1 aromatic carbocycles. The zero-order valence-corrected chi connectivity index (χ0v) is 14.1. The van der Waals surface area contributed by atoms with Gasteiger partial charge in [-0.25, -0.2) is 4.39 Å². The number of nitrogens with zero attached hydrogens (tertiary/aromatic N) is 1. The fourth-order valence-electron chi connectivity index (χ4n) is 2.23. The van der Waals surface area contributed by atoms with E-state index in [9.17, 15) is 14.0 Å². The summed E-state index contributed by atoms with van der Waals surface area (Å²) in [7, 11) is 0. The van der Waals surface area contributed by atoms with Crippen LogP contribution in [0.4, 0.5) is 4.39 Å². The molecule has 0 saturated heterocycles. The summed E-state index contributed by atoms with van der Waals surface area (Å²) < 4.78 is 13.0. The molecule has 0 atom stereocenters. The zero-order valence-electron chi connectivity index (χ0n) is 13.2. The molecule has 0 bridgehead atoms.